The summed E-state index contributed by atoms with van der Waals surface area (Å²) >= 11 is 0. The van der Waals surface area contributed by atoms with E-state index in [1.807, 2.05) is 0 Å². The first kappa shape index (κ1) is 9.61. The predicted molar refractivity (Wildman–Crippen MR) is 42.9 cm³/mol. The molecule has 2 unspecified atom stereocenters. The Morgan fingerprint density at radius 2 is 2.08 bits per heavy atom. The molecule has 0 radical (unpaired) electrons. The highest BCUT2D eigenvalue weighted by molar-refractivity contribution is 6.27. The van der Waals surface area contributed by atoms with Gasteiger partial charge in [0.2, 0.25) is 5.78 Å². The van der Waals surface area contributed by atoms with Crippen molar-refractivity contribution in [2.45, 2.75) is 12.8 Å². The third kappa shape index (κ3) is 1.81. The Morgan fingerprint density at radius 1 is 1.46 bits per heavy atom. The van der Waals surface area contributed by atoms with Crippen molar-refractivity contribution in [3.05, 3.63) is 5.53 Å². The molecule has 5 heteroatoms. The van der Waals surface area contributed by atoms with Crippen molar-refractivity contribution in [1.29, 1.82) is 0 Å². The number of hydrogen-bond acceptors (Lipinski definition) is 3. The van der Waals surface area contributed by atoms with E-state index in [-0.39, 0.29) is 23.6 Å². The molecule has 0 aromatic carbocycles. The number of methoxy groups -OCH3 is 1. The maximum Gasteiger partial charge on any atom is 0.323 e. The summed E-state index contributed by atoms with van der Waals surface area (Å²) in [5.41, 5.74) is 8.12. The van der Waals surface area contributed by atoms with Crippen molar-refractivity contribution < 1.29 is 19.1 Å². The molecule has 70 valence electrons. The Morgan fingerprint density at radius 3 is 2.46 bits per heavy atom. The molecule has 1 saturated carbocycles. The highest BCUT2D eigenvalue weighted by Gasteiger charge is 2.42. The molecule has 1 fully saturated rings. The van der Waals surface area contributed by atoms with Crippen LogP contribution in [0.3, 0.4) is 0 Å². The lowest BCUT2D eigenvalue weighted by Gasteiger charge is -2.30. The van der Waals surface area contributed by atoms with Gasteiger partial charge in [0.05, 0.1) is 13.0 Å². The maximum atomic E-state index is 11.1. The Bertz CT molecular complexity index is 281. The first-order valence-electron chi connectivity index (χ1n) is 3.99. The molecule has 1 aliphatic carbocycles. The van der Waals surface area contributed by atoms with E-state index < -0.39 is 0 Å². The van der Waals surface area contributed by atoms with Crippen LogP contribution in [-0.2, 0) is 14.3 Å². The standard InChI is InChI=1S/C8H10N2O3/c1-13-8(12)6-3-2-5(6)7(11)4-10-9/h4-6H,2-3H2,1H3. The minimum absolute atomic E-state index is 0.316. The van der Waals surface area contributed by atoms with Crippen LogP contribution in [0.25, 0.3) is 5.53 Å². The molecule has 0 saturated heterocycles. The fourth-order valence-corrected chi connectivity index (χ4v) is 1.43. The van der Waals surface area contributed by atoms with Crippen LogP contribution in [-0.4, -0.2) is 29.9 Å². The van der Waals surface area contributed by atoms with Gasteiger partial charge in [0.25, 0.3) is 0 Å². The van der Waals surface area contributed by atoms with E-state index >= 15 is 0 Å². The molecule has 2 atom stereocenters. The van der Waals surface area contributed by atoms with Crippen LogP contribution in [0.15, 0.2) is 0 Å². The second kappa shape index (κ2) is 3.96. The first-order chi connectivity index (χ1) is 6.20. The number of rotatable bonds is 3. The SMILES string of the molecule is COC(=O)C1CCC1C(=O)C=[N+]=[N-]. The quantitative estimate of drug-likeness (QED) is 0.268. The Labute approximate surface area is 75.3 Å². The molecule has 5 nitrogen and oxygen atoms in total. The van der Waals surface area contributed by atoms with Crippen LogP contribution in [0.4, 0.5) is 0 Å². The van der Waals surface area contributed by atoms with E-state index in [2.05, 4.69) is 9.53 Å². The second-order valence-corrected chi connectivity index (χ2v) is 2.96. The normalized spacial score (nSPS) is 25.3. The lowest BCUT2D eigenvalue weighted by atomic mass is 9.71. The van der Waals surface area contributed by atoms with Gasteiger partial charge in [0.1, 0.15) is 0 Å². The molecule has 0 heterocycles. The summed E-state index contributed by atoms with van der Waals surface area (Å²) in [6.45, 7) is 0. The van der Waals surface area contributed by atoms with Gasteiger partial charge in [0.15, 0.2) is 0 Å². The topological polar surface area (TPSA) is 79.8 Å². The third-order valence-electron chi connectivity index (χ3n) is 2.33. The van der Waals surface area contributed by atoms with Crippen molar-refractivity contribution in [3.8, 4) is 0 Å². The van der Waals surface area contributed by atoms with Gasteiger partial charge in [-0.2, -0.15) is 4.79 Å². The van der Waals surface area contributed by atoms with Crippen LogP contribution in [0.5, 0.6) is 0 Å². The van der Waals surface area contributed by atoms with Crippen molar-refractivity contribution >= 4 is 18.0 Å². The fourth-order valence-electron chi connectivity index (χ4n) is 1.43. The average Bonchev–Trinajstić information content (AvgIpc) is 2.02. The Hall–Kier alpha value is -1.48. The minimum atomic E-state index is -0.365. The van der Waals surface area contributed by atoms with Crippen LogP contribution in [0, 0.1) is 11.8 Å². The van der Waals surface area contributed by atoms with E-state index in [9.17, 15) is 9.59 Å². The zero-order valence-electron chi connectivity index (χ0n) is 7.27. The van der Waals surface area contributed by atoms with Crippen LogP contribution in [0.2, 0.25) is 0 Å². The van der Waals surface area contributed by atoms with Gasteiger partial charge in [0, 0.05) is 5.92 Å². The third-order valence-corrected chi connectivity index (χ3v) is 2.33. The van der Waals surface area contributed by atoms with E-state index in [0.29, 0.717) is 12.8 Å². The fraction of sp³-hybridized carbons (Fsp3) is 0.625. The molecule has 1 aliphatic rings. The molecule has 0 aromatic heterocycles. The first-order valence-corrected chi connectivity index (χ1v) is 3.99. The lowest BCUT2D eigenvalue weighted by molar-refractivity contribution is -0.154. The van der Waals surface area contributed by atoms with Crippen LogP contribution >= 0.6 is 0 Å². The maximum absolute atomic E-state index is 11.1. The molecule has 1 rings (SSSR count). The zero-order valence-corrected chi connectivity index (χ0v) is 7.27. The second-order valence-electron chi connectivity index (χ2n) is 2.96. The van der Waals surface area contributed by atoms with Crippen LogP contribution < -0.4 is 0 Å². The summed E-state index contributed by atoms with van der Waals surface area (Å²) in [6, 6.07) is 0. The number of carbonyl (C=O) groups excluding carboxylic acids is 2. The molecule has 0 N–H and O–H groups in total. The van der Waals surface area contributed by atoms with Gasteiger partial charge < -0.3 is 10.3 Å². The Kier molecular flexibility index (Phi) is 2.93. The molecular formula is C8H10N2O3. The summed E-state index contributed by atoms with van der Waals surface area (Å²) < 4.78 is 4.51. The number of esters is 1. The molecule has 0 bridgehead atoms. The number of hydrogen-bond donors (Lipinski definition) is 0. The average molecular weight is 182 g/mol. The van der Waals surface area contributed by atoms with Gasteiger partial charge in [-0.05, 0) is 12.8 Å². The van der Waals surface area contributed by atoms with Gasteiger partial charge >= 0.3 is 12.2 Å². The summed E-state index contributed by atoms with van der Waals surface area (Å²) in [6.07, 6.45) is 2.16. The van der Waals surface area contributed by atoms with E-state index in [1.54, 1.807) is 0 Å². The van der Waals surface area contributed by atoms with E-state index in [0.717, 1.165) is 6.21 Å². The monoisotopic (exact) mass is 182 g/mol. The molecular weight excluding hydrogens is 172 g/mol. The largest absolute Gasteiger partial charge is 0.469 e. The van der Waals surface area contributed by atoms with Gasteiger partial charge in [-0.15, -0.1) is 0 Å². The zero-order chi connectivity index (χ0) is 9.84. The minimum Gasteiger partial charge on any atom is -0.469 e. The molecule has 0 aliphatic heterocycles. The number of carbonyl (C=O) groups is 2. The number of Topliss-reactive ketones (excluding diaryl/α,β-unsaturated/α-hetero) is 1. The van der Waals surface area contributed by atoms with Crippen molar-refractivity contribution in [3.63, 3.8) is 0 Å². The Balaban J connectivity index is 2.59. The van der Waals surface area contributed by atoms with Crippen molar-refractivity contribution in [2.75, 3.05) is 7.11 Å². The summed E-state index contributed by atoms with van der Waals surface area (Å²) in [7, 11) is 1.29. The summed E-state index contributed by atoms with van der Waals surface area (Å²) in [5.74, 6) is -1.39. The van der Waals surface area contributed by atoms with Gasteiger partial charge in [-0.25, -0.2) is 0 Å². The molecule has 0 aromatic rings. The number of ketones is 1. The summed E-state index contributed by atoms with van der Waals surface area (Å²) in [5, 5.41) is 0. The lowest BCUT2D eigenvalue weighted by Crippen LogP contribution is -2.39. The number of nitrogens with zero attached hydrogens (tertiary/aromatic N) is 2. The van der Waals surface area contributed by atoms with Gasteiger partial charge in [-0.1, -0.05) is 0 Å². The molecule has 0 amide bonds. The smallest absolute Gasteiger partial charge is 0.323 e. The van der Waals surface area contributed by atoms with E-state index in [1.165, 1.54) is 7.11 Å². The highest BCUT2D eigenvalue weighted by atomic mass is 16.5. The van der Waals surface area contributed by atoms with Gasteiger partial charge in [-0.3, -0.25) is 9.59 Å². The predicted octanol–water partition coefficient (Wildman–Crippen LogP) is 0.0553. The molecule has 0 spiro atoms. The van der Waals surface area contributed by atoms with Crippen molar-refractivity contribution in [1.82, 2.24) is 0 Å². The summed E-state index contributed by atoms with van der Waals surface area (Å²) in [4.78, 5) is 24.8. The van der Waals surface area contributed by atoms with E-state index in [4.69, 9.17) is 5.53 Å². The van der Waals surface area contributed by atoms with Crippen LogP contribution in [0.1, 0.15) is 12.8 Å². The van der Waals surface area contributed by atoms with Crippen molar-refractivity contribution in [2.24, 2.45) is 11.8 Å². The molecule has 13 heavy (non-hydrogen) atoms. The highest BCUT2D eigenvalue weighted by Crippen LogP contribution is 2.35. The number of ether oxygens (including phenoxy) is 1.